The van der Waals surface area contributed by atoms with E-state index in [4.69, 9.17) is 11.6 Å². The van der Waals surface area contributed by atoms with Crippen molar-refractivity contribution in [1.82, 2.24) is 15.3 Å². The number of pyridine rings is 1. The van der Waals surface area contributed by atoms with Crippen molar-refractivity contribution in [2.75, 3.05) is 5.75 Å². The molecule has 0 bridgehead atoms. The van der Waals surface area contributed by atoms with Crippen LogP contribution in [-0.4, -0.2) is 41.2 Å². The Balaban J connectivity index is 1.43. The summed E-state index contributed by atoms with van der Waals surface area (Å²) in [5, 5.41) is 15.9. The Morgan fingerprint density at radius 2 is 1.94 bits per heavy atom. The fraction of sp³-hybridized carbons (Fsp3) is 0.200. The van der Waals surface area contributed by atoms with E-state index in [0.29, 0.717) is 28.4 Å². The molecule has 1 amide bonds. The van der Waals surface area contributed by atoms with Crippen LogP contribution >= 0.6 is 11.6 Å². The van der Waals surface area contributed by atoms with Gasteiger partial charge in [0.1, 0.15) is 11.3 Å². The summed E-state index contributed by atoms with van der Waals surface area (Å²) < 4.78 is 26.2. The van der Waals surface area contributed by atoms with Crippen LogP contribution in [0, 0.1) is 0 Å². The normalized spacial score (nSPS) is 20.1. The molecule has 2 heterocycles. The summed E-state index contributed by atoms with van der Waals surface area (Å²) in [6.45, 7) is 0. The first kappa shape index (κ1) is 22.6. The molecule has 2 atom stereocenters. The number of nitrogens with one attached hydrogen (secondary N) is 2. The molecule has 1 aliphatic carbocycles. The second-order valence-electron chi connectivity index (χ2n) is 8.61. The smallest absolute Gasteiger partial charge is 0.267 e. The molecule has 0 spiro atoms. The summed E-state index contributed by atoms with van der Waals surface area (Å²) in [5.41, 5.74) is 0.413. The number of sulfone groups is 1. The van der Waals surface area contributed by atoms with E-state index in [9.17, 15) is 18.3 Å². The molecule has 174 valence electrons. The fourth-order valence-corrected chi connectivity index (χ4v) is 6.41. The average molecular weight is 496 g/mol. The number of amides is 1. The number of halogens is 1. The maximum absolute atomic E-state index is 13.1. The SMILES string of the molecule is O=C(NC1Cc2cccnc2[C@](O)(CS(=O)(=O)c2ccccc2)C1)c1cc2cc(Cl)ccc2[nH]1. The fourth-order valence-electron chi connectivity index (χ4n) is 4.61. The van der Waals surface area contributed by atoms with Gasteiger partial charge in [-0.3, -0.25) is 9.78 Å². The van der Waals surface area contributed by atoms with E-state index in [1.165, 1.54) is 18.3 Å². The van der Waals surface area contributed by atoms with Gasteiger partial charge >= 0.3 is 0 Å². The number of H-pyrrole nitrogens is 1. The number of aromatic nitrogens is 2. The van der Waals surface area contributed by atoms with E-state index in [2.05, 4.69) is 15.3 Å². The standard InChI is InChI=1S/C25H22ClN3O4S/c26-18-8-9-21-17(11-18)13-22(29-21)24(30)28-19-12-16-5-4-10-27-23(16)25(31,14-19)15-34(32,33)20-6-2-1-3-7-20/h1-11,13,19,29,31H,12,14-15H2,(H,28,30)/t19?,25-/m1/s1. The molecule has 4 aromatic rings. The molecule has 0 saturated carbocycles. The van der Waals surface area contributed by atoms with Crippen molar-refractivity contribution < 1.29 is 18.3 Å². The molecule has 0 radical (unpaired) electrons. The number of carbonyl (C=O) groups excluding carboxylic acids is 1. The van der Waals surface area contributed by atoms with Crippen LogP contribution in [0.1, 0.15) is 28.2 Å². The summed E-state index contributed by atoms with van der Waals surface area (Å²) in [6.07, 6.45) is 1.98. The van der Waals surface area contributed by atoms with Crippen molar-refractivity contribution in [3.05, 3.63) is 94.9 Å². The summed E-state index contributed by atoms with van der Waals surface area (Å²) in [6, 6.07) is 18.1. The number of fused-ring (bicyclic) bond motifs is 2. The van der Waals surface area contributed by atoms with Gasteiger partial charge in [-0.1, -0.05) is 35.9 Å². The molecule has 1 aliphatic rings. The van der Waals surface area contributed by atoms with E-state index in [0.717, 1.165) is 10.9 Å². The molecule has 2 aromatic carbocycles. The third-order valence-electron chi connectivity index (χ3n) is 6.08. The highest BCUT2D eigenvalue weighted by atomic mass is 35.5. The Hall–Kier alpha value is -3.20. The second-order valence-corrected chi connectivity index (χ2v) is 11.0. The topological polar surface area (TPSA) is 112 Å². The molecule has 5 rings (SSSR count). The number of rotatable bonds is 5. The number of hydrogen-bond donors (Lipinski definition) is 3. The first-order valence-electron chi connectivity index (χ1n) is 10.8. The van der Waals surface area contributed by atoms with Gasteiger partial charge in [0.2, 0.25) is 0 Å². The van der Waals surface area contributed by atoms with Crippen LogP contribution < -0.4 is 5.32 Å². The van der Waals surface area contributed by atoms with Gasteiger partial charge in [-0.25, -0.2) is 8.42 Å². The van der Waals surface area contributed by atoms with Crippen LogP contribution in [0.2, 0.25) is 5.02 Å². The average Bonchev–Trinajstić information content (AvgIpc) is 3.23. The van der Waals surface area contributed by atoms with Gasteiger partial charge in [-0.15, -0.1) is 0 Å². The van der Waals surface area contributed by atoms with E-state index in [1.54, 1.807) is 54.6 Å². The Bertz CT molecular complexity index is 1490. The first-order chi connectivity index (χ1) is 16.2. The van der Waals surface area contributed by atoms with Crippen molar-refractivity contribution >= 4 is 38.2 Å². The lowest BCUT2D eigenvalue weighted by Crippen LogP contribution is -2.49. The summed E-state index contributed by atoms with van der Waals surface area (Å²) >= 11 is 6.04. The maximum atomic E-state index is 13.1. The number of benzene rings is 2. The van der Waals surface area contributed by atoms with Gasteiger partial charge in [0.15, 0.2) is 9.84 Å². The molecule has 0 aliphatic heterocycles. The van der Waals surface area contributed by atoms with Crippen LogP contribution in [-0.2, 0) is 21.9 Å². The van der Waals surface area contributed by atoms with Crippen LogP contribution in [0.4, 0.5) is 0 Å². The van der Waals surface area contributed by atoms with E-state index < -0.39 is 27.2 Å². The van der Waals surface area contributed by atoms with Gasteiger partial charge in [0.25, 0.3) is 5.91 Å². The lowest BCUT2D eigenvalue weighted by Gasteiger charge is -2.37. The highest BCUT2D eigenvalue weighted by Crippen LogP contribution is 2.36. The van der Waals surface area contributed by atoms with Gasteiger partial charge < -0.3 is 15.4 Å². The predicted molar refractivity (Wildman–Crippen MR) is 130 cm³/mol. The zero-order valence-corrected chi connectivity index (χ0v) is 19.6. The number of aromatic amines is 1. The summed E-state index contributed by atoms with van der Waals surface area (Å²) in [4.78, 5) is 20.5. The van der Waals surface area contributed by atoms with Gasteiger partial charge in [-0.2, -0.15) is 0 Å². The minimum Gasteiger partial charge on any atom is -0.382 e. The molecule has 9 heteroatoms. The molecule has 34 heavy (non-hydrogen) atoms. The van der Waals surface area contributed by atoms with Crippen LogP contribution in [0.15, 0.2) is 77.8 Å². The highest BCUT2D eigenvalue weighted by molar-refractivity contribution is 7.91. The molecule has 3 N–H and O–H groups in total. The van der Waals surface area contributed by atoms with Crippen LogP contribution in [0.25, 0.3) is 10.9 Å². The molecule has 7 nitrogen and oxygen atoms in total. The molecule has 0 fully saturated rings. The largest absolute Gasteiger partial charge is 0.382 e. The number of hydrogen-bond acceptors (Lipinski definition) is 5. The van der Waals surface area contributed by atoms with E-state index in [1.807, 2.05) is 0 Å². The van der Waals surface area contributed by atoms with Crippen molar-refractivity contribution in [2.24, 2.45) is 0 Å². The Morgan fingerprint density at radius 1 is 1.15 bits per heavy atom. The zero-order valence-electron chi connectivity index (χ0n) is 18.0. The molecule has 0 saturated heterocycles. The third-order valence-corrected chi connectivity index (χ3v) is 8.16. The lowest BCUT2D eigenvalue weighted by molar-refractivity contribution is 0.0266. The van der Waals surface area contributed by atoms with Gasteiger partial charge in [0.05, 0.1) is 16.3 Å². The number of nitrogens with zero attached hydrogens (tertiary/aromatic N) is 1. The number of carbonyl (C=O) groups is 1. The maximum Gasteiger partial charge on any atom is 0.267 e. The second kappa shape index (κ2) is 8.54. The third kappa shape index (κ3) is 4.32. The summed E-state index contributed by atoms with van der Waals surface area (Å²) in [7, 11) is -3.81. The molecule has 1 unspecified atom stereocenters. The quantitative estimate of drug-likeness (QED) is 0.391. The van der Waals surface area contributed by atoms with Crippen LogP contribution in [0.5, 0.6) is 0 Å². The number of aliphatic hydroxyl groups is 1. The molecular formula is C25H22ClN3O4S. The monoisotopic (exact) mass is 495 g/mol. The molecular weight excluding hydrogens is 474 g/mol. The van der Waals surface area contributed by atoms with Crippen molar-refractivity contribution in [3.8, 4) is 0 Å². The Kier molecular flexibility index (Phi) is 5.67. The first-order valence-corrected chi connectivity index (χ1v) is 12.8. The zero-order chi connectivity index (χ0) is 23.9. The predicted octanol–water partition coefficient (Wildman–Crippen LogP) is 3.62. The van der Waals surface area contributed by atoms with Crippen LogP contribution in [0.3, 0.4) is 0 Å². The highest BCUT2D eigenvalue weighted by Gasteiger charge is 2.44. The summed E-state index contributed by atoms with van der Waals surface area (Å²) in [5.74, 6) is -0.886. The van der Waals surface area contributed by atoms with Crippen molar-refractivity contribution in [2.45, 2.75) is 29.4 Å². The van der Waals surface area contributed by atoms with E-state index >= 15 is 0 Å². The minimum atomic E-state index is -3.81. The van der Waals surface area contributed by atoms with Gasteiger partial charge in [-0.05, 0) is 54.4 Å². The lowest BCUT2D eigenvalue weighted by atomic mass is 9.81. The van der Waals surface area contributed by atoms with Gasteiger partial charge in [0, 0.05) is 34.6 Å². The Morgan fingerprint density at radius 3 is 2.74 bits per heavy atom. The van der Waals surface area contributed by atoms with Crippen molar-refractivity contribution in [3.63, 3.8) is 0 Å². The molecule has 2 aromatic heterocycles. The minimum absolute atomic E-state index is 0.0148. The van der Waals surface area contributed by atoms with Crippen molar-refractivity contribution in [1.29, 1.82) is 0 Å². The Labute approximate surface area is 201 Å². The van der Waals surface area contributed by atoms with E-state index in [-0.39, 0.29) is 17.2 Å².